The zero-order valence-electron chi connectivity index (χ0n) is 12.8. The number of nitrogens with zero attached hydrogens (tertiary/aromatic N) is 2. The minimum Gasteiger partial charge on any atom is -0.443 e. The lowest BCUT2D eigenvalue weighted by molar-refractivity contribution is -0.126. The SMILES string of the molecule is CC(C)(C)OC(=O)N1CC(c2nc3ccccc3s2)CC1=O. The summed E-state index contributed by atoms with van der Waals surface area (Å²) in [6, 6.07) is 7.88. The third kappa shape index (κ3) is 2.97. The number of amides is 2. The summed E-state index contributed by atoms with van der Waals surface area (Å²) in [7, 11) is 0. The lowest BCUT2D eigenvalue weighted by Crippen LogP contribution is -2.37. The van der Waals surface area contributed by atoms with Gasteiger partial charge >= 0.3 is 6.09 Å². The first-order chi connectivity index (χ1) is 10.3. The van der Waals surface area contributed by atoms with Crippen LogP contribution in [-0.4, -0.2) is 34.0 Å². The zero-order valence-corrected chi connectivity index (χ0v) is 13.6. The molecule has 22 heavy (non-hydrogen) atoms. The lowest BCUT2D eigenvalue weighted by Gasteiger charge is -2.23. The summed E-state index contributed by atoms with van der Waals surface area (Å²) in [6.07, 6.45) is -0.264. The molecule has 0 bridgehead atoms. The average molecular weight is 318 g/mol. The molecule has 5 nitrogen and oxygen atoms in total. The maximum atomic E-state index is 12.1. The highest BCUT2D eigenvalue weighted by molar-refractivity contribution is 7.18. The minimum absolute atomic E-state index is 0.0441. The Balaban J connectivity index is 1.78. The Kier molecular flexibility index (Phi) is 3.64. The number of hydrogen-bond acceptors (Lipinski definition) is 5. The molecular formula is C16H18N2O3S. The van der Waals surface area contributed by atoms with Crippen LogP contribution < -0.4 is 0 Å². The van der Waals surface area contributed by atoms with Crippen LogP contribution in [0.4, 0.5) is 4.79 Å². The van der Waals surface area contributed by atoms with Crippen molar-refractivity contribution < 1.29 is 14.3 Å². The molecule has 116 valence electrons. The van der Waals surface area contributed by atoms with E-state index in [1.807, 2.05) is 24.3 Å². The second-order valence-electron chi connectivity index (χ2n) is 6.41. The van der Waals surface area contributed by atoms with E-state index in [2.05, 4.69) is 4.98 Å². The number of imide groups is 1. The number of thiazole rings is 1. The number of carbonyl (C=O) groups is 2. The fourth-order valence-electron chi connectivity index (χ4n) is 2.43. The molecule has 1 aliphatic heterocycles. The maximum Gasteiger partial charge on any atom is 0.417 e. The summed E-state index contributed by atoms with van der Waals surface area (Å²) in [5.74, 6) is -0.240. The molecule has 1 aromatic heterocycles. The molecular weight excluding hydrogens is 300 g/mol. The van der Waals surface area contributed by atoms with Gasteiger partial charge in [-0.05, 0) is 32.9 Å². The maximum absolute atomic E-state index is 12.1. The van der Waals surface area contributed by atoms with Gasteiger partial charge in [0.1, 0.15) is 5.60 Å². The van der Waals surface area contributed by atoms with Gasteiger partial charge in [-0.3, -0.25) is 4.79 Å². The van der Waals surface area contributed by atoms with E-state index in [9.17, 15) is 9.59 Å². The van der Waals surface area contributed by atoms with Gasteiger partial charge in [-0.2, -0.15) is 0 Å². The second kappa shape index (κ2) is 5.35. The van der Waals surface area contributed by atoms with E-state index in [4.69, 9.17) is 4.74 Å². The molecule has 1 fully saturated rings. The van der Waals surface area contributed by atoms with Crippen LogP contribution in [0.25, 0.3) is 10.2 Å². The molecule has 2 amide bonds. The molecule has 0 aliphatic carbocycles. The first kappa shape index (κ1) is 15.0. The molecule has 6 heteroatoms. The third-order valence-electron chi connectivity index (χ3n) is 3.40. The first-order valence-corrected chi connectivity index (χ1v) is 8.04. The molecule has 2 heterocycles. The van der Waals surface area contributed by atoms with Crippen molar-refractivity contribution in [3.05, 3.63) is 29.3 Å². The number of ether oxygens (including phenoxy) is 1. The van der Waals surface area contributed by atoms with E-state index >= 15 is 0 Å². The number of fused-ring (bicyclic) bond motifs is 1. The van der Waals surface area contributed by atoms with Crippen LogP contribution in [0.5, 0.6) is 0 Å². The van der Waals surface area contributed by atoms with Gasteiger partial charge in [0.05, 0.1) is 15.2 Å². The Morgan fingerprint density at radius 2 is 2.09 bits per heavy atom. The van der Waals surface area contributed by atoms with Crippen molar-refractivity contribution in [1.82, 2.24) is 9.88 Å². The third-order valence-corrected chi connectivity index (χ3v) is 4.60. The van der Waals surface area contributed by atoms with Gasteiger partial charge in [0, 0.05) is 18.9 Å². The fraction of sp³-hybridized carbons (Fsp3) is 0.438. The summed E-state index contributed by atoms with van der Waals surface area (Å²) >= 11 is 1.58. The van der Waals surface area contributed by atoms with Crippen molar-refractivity contribution in [3.63, 3.8) is 0 Å². The number of hydrogen-bond donors (Lipinski definition) is 0. The van der Waals surface area contributed by atoms with Gasteiger partial charge in [-0.25, -0.2) is 14.7 Å². The van der Waals surface area contributed by atoms with E-state index in [1.54, 1.807) is 32.1 Å². The Morgan fingerprint density at radius 1 is 1.36 bits per heavy atom. The summed E-state index contributed by atoms with van der Waals surface area (Å²) in [5, 5.41) is 0.903. The van der Waals surface area contributed by atoms with Crippen LogP contribution in [0.2, 0.25) is 0 Å². The average Bonchev–Trinajstić information content (AvgIpc) is 2.99. The van der Waals surface area contributed by atoms with E-state index in [1.165, 1.54) is 4.90 Å². The summed E-state index contributed by atoms with van der Waals surface area (Å²) in [6.45, 7) is 5.71. The van der Waals surface area contributed by atoms with Crippen molar-refractivity contribution in [2.45, 2.75) is 38.7 Å². The number of carbonyl (C=O) groups excluding carboxylic acids is 2. The molecule has 1 aliphatic rings. The normalized spacial score (nSPS) is 19.0. The Hall–Kier alpha value is -1.95. The topological polar surface area (TPSA) is 59.5 Å². The Bertz CT molecular complexity index is 699. The molecule has 1 unspecified atom stereocenters. The van der Waals surface area contributed by atoms with Crippen molar-refractivity contribution in [3.8, 4) is 0 Å². The van der Waals surface area contributed by atoms with Gasteiger partial charge < -0.3 is 4.74 Å². The molecule has 0 saturated carbocycles. The van der Waals surface area contributed by atoms with Gasteiger partial charge in [-0.15, -0.1) is 11.3 Å². The number of benzene rings is 1. The Morgan fingerprint density at radius 3 is 2.77 bits per heavy atom. The Labute approximate surface area is 132 Å². The zero-order chi connectivity index (χ0) is 15.9. The van der Waals surface area contributed by atoms with Crippen LogP contribution in [0.3, 0.4) is 0 Å². The van der Waals surface area contributed by atoms with E-state index in [0.717, 1.165) is 15.2 Å². The molecule has 2 aromatic rings. The predicted molar refractivity (Wildman–Crippen MR) is 84.9 cm³/mol. The lowest BCUT2D eigenvalue weighted by atomic mass is 10.1. The van der Waals surface area contributed by atoms with E-state index in [-0.39, 0.29) is 11.8 Å². The minimum atomic E-state index is -0.606. The smallest absolute Gasteiger partial charge is 0.417 e. The molecule has 1 saturated heterocycles. The van der Waals surface area contributed by atoms with Crippen molar-refractivity contribution in [2.75, 3.05) is 6.54 Å². The van der Waals surface area contributed by atoms with E-state index < -0.39 is 11.7 Å². The second-order valence-corrected chi connectivity index (χ2v) is 7.47. The fourth-order valence-corrected chi connectivity index (χ4v) is 3.49. The molecule has 3 rings (SSSR count). The van der Waals surface area contributed by atoms with Gasteiger partial charge in [0.2, 0.25) is 5.91 Å². The van der Waals surface area contributed by atoms with Crippen LogP contribution >= 0.6 is 11.3 Å². The van der Waals surface area contributed by atoms with Crippen LogP contribution in [0.1, 0.15) is 38.1 Å². The first-order valence-electron chi connectivity index (χ1n) is 7.22. The standard InChI is InChI=1S/C16H18N2O3S/c1-16(2,3)21-15(20)18-9-10(8-13(18)19)14-17-11-6-4-5-7-12(11)22-14/h4-7,10H,8-9H2,1-3H3. The highest BCUT2D eigenvalue weighted by Gasteiger charge is 2.38. The molecule has 0 radical (unpaired) electrons. The highest BCUT2D eigenvalue weighted by atomic mass is 32.1. The van der Waals surface area contributed by atoms with Crippen molar-refractivity contribution in [2.24, 2.45) is 0 Å². The molecule has 0 spiro atoms. The predicted octanol–water partition coefficient (Wildman–Crippen LogP) is 3.55. The quantitative estimate of drug-likeness (QED) is 0.807. The molecule has 1 atom stereocenters. The van der Waals surface area contributed by atoms with Crippen LogP contribution in [0.15, 0.2) is 24.3 Å². The number of aromatic nitrogens is 1. The molecule has 0 N–H and O–H groups in total. The number of likely N-dealkylation sites (tertiary alicyclic amines) is 1. The van der Waals surface area contributed by atoms with E-state index in [0.29, 0.717) is 13.0 Å². The van der Waals surface area contributed by atoms with Gasteiger partial charge in [-0.1, -0.05) is 12.1 Å². The van der Waals surface area contributed by atoms with Gasteiger partial charge in [0.15, 0.2) is 0 Å². The van der Waals surface area contributed by atoms with Crippen molar-refractivity contribution >= 4 is 33.6 Å². The van der Waals surface area contributed by atoms with Crippen LogP contribution in [0, 0.1) is 0 Å². The van der Waals surface area contributed by atoms with Crippen molar-refractivity contribution in [1.29, 1.82) is 0 Å². The highest BCUT2D eigenvalue weighted by Crippen LogP contribution is 2.34. The van der Waals surface area contributed by atoms with Crippen LogP contribution in [-0.2, 0) is 9.53 Å². The summed E-state index contributed by atoms with van der Waals surface area (Å²) in [4.78, 5) is 30.0. The largest absolute Gasteiger partial charge is 0.443 e. The van der Waals surface area contributed by atoms with Gasteiger partial charge in [0.25, 0.3) is 0 Å². The molecule has 1 aromatic carbocycles. The summed E-state index contributed by atoms with van der Waals surface area (Å²) in [5.41, 5.74) is 0.330. The monoisotopic (exact) mass is 318 g/mol. The number of rotatable bonds is 1. The summed E-state index contributed by atoms with van der Waals surface area (Å²) < 4.78 is 6.38. The number of para-hydroxylation sites is 1.